The first kappa shape index (κ1) is 39.1. The van der Waals surface area contributed by atoms with Crippen LogP contribution in [-0.2, 0) is 12.6 Å². The molecule has 0 fully saturated rings. The minimum Gasteiger partial charge on any atom is -0.494 e. The van der Waals surface area contributed by atoms with Crippen LogP contribution in [0.4, 0.5) is 26.3 Å². The van der Waals surface area contributed by atoms with E-state index >= 15 is 0 Å². The second kappa shape index (κ2) is 17.3. The van der Waals surface area contributed by atoms with Gasteiger partial charge in [-0.05, 0) is 77.1 Å². The zero-order chi connectivity index (χ0) is 39.1. The van der Waals surface area contributed by atoms with Gasteiger partial charge in [0.05, 0.1) is 17.6 Å². The highest BCUT2D eigenvalue weighted by molar-refractivity contribution is 5.99. The molecule has 1 aliphatic carbocycles. The Kier molecular flexibility index (Phi) is 12.3. The second-order valence-electron chi connectivity index (χ2n) is 13.6. The largest absolute Gasteiger partial charge is 0.494 e. The number of nitrogens with zero attached hydrogens (tertiary/aromatic N) is 2. The van der Waals surface area contributed by atoms with Crippen LogP contribution in [-0.4, -0.2) is 22.1 Å². The number of carbonyl (C=O) groups is 1. The first-order valence-electron chi connectivity index (χ1n) is 18.4. The number of amides is 1. The molecular formula is C44H41F6N3O2. The lowest BCUT2D eigenvalue weighted by Crippen LogP contribution is -2.14. The molecule has 0 aliphatic heterocycles. The number of hydrogen-bond donors (Lipinski definition) is 1. The van der Waals surface area contributed by atoms with E-state index in [1.54, 1.807) is 78.9 Å². The van der Waals surface area contributed by atoms with E-state index in [0.717, 1.165) is 29.0 Å². The number of hydrogen-bond acceptors (Lipinski definition) is 3. The molecule has 0 unspecified atom stereocenters. The molecule has 1 heterocycles. The van der Waals surface area contributed by atoms with E-state index in [-0.39, 0.29) is 11.1 Å². The Morgan fingerprint density at radius 1 is 0.764 bits per heavy atom. The average molecular weight is 758 g/mol. The SMILES string of the molecule is CCCCCCCCCCOc1ccc2c(c1)nc(C(F)(F)F)n2-c1ccc(-c2ccccc2C(N)=O)cc1.Fc1cc2c(c(F)c1F)-c1ccccc1C2. The Morgan fingerprint density at radius 3 is 2.11 bits per heavy atom. The van der Waals surface area contributed by atoms with Crippen LogP contribution in [0.1, 0.15) is 85.6 Å². The van der Waals surface area contributed by atoms with Crippen molar-refractivity contribution in [1.29, 1.82) is 0 Å². The topological polar surface area (TPSA) is 70.1 Å². The van der Waals surface area contributed by atoms with Gasteiger partial charge in [0, 0.05) is 22.9 Å². The van der Waals surface area contributed by atoms with E-state index in [1.165, 1.54) is 38.5 Å². The van der Waals surface area contributed by atoms with Crippen molar-refractivity contribution in [2.45, 2.75) is 70.9 Å². The number of benzene rings is 5. The fraction of sp³-hybridized carbons (Fsp3) is 0.273. The van der Waals surface area contributed by atoms with Gasteiger partial charge in [0.15, 0.2) is 17.5 Å². The van der Waals surface area contributed by atoms with Crippen molar-refractivity contribution in [3.8, 4) is 33.7 Å². The average Bonchev–Trinajstić information content (AvgIpc) is 3.75. The van der Waals surface area contributed by atoms with Gasteiger partial charge in [-0.1, -0.05) is 106 Å². The summed E-state index contributed by atoms with van der Waals surface area (Å²) in [6, 6.07) is 26.4. The molecule has 1 aliphatic rings. The summed E-state index contributed by atoms with van der Waals surface area (Å²) in [4.78, 5) is 15.7. The minimum absolute atomic E-state index is 0.203. The van der Waals surface area contributed by atoms with Crippen molar-refractivity contribution in [3.63, 3.8) is 0 Å². The highest BCUT2D eigenvalue weighted by Gasteiger charge is 2.38. The Labute approximate surface area is 315 Å². The van der Waals surface area contributed by atoms with Crippen LogP contribution in [0.25, 0.3) is 39.0 Å². The molecule has 0 atom stereocenters. The second-order valence-corrected chi connectivity index (χ2v) is 13.6. The molecule has 7 rings (SSSR count). The van der Waals surface area contributed by atoms with Gasteiger partial charge in [0.25, 0.3) is 0 Å². The number of ether oxygens (including phenoxy) is 1. The fourth-order valence-electron chi connectivity index (χ4n) is 6.97. The number of fused-ring (bicyclic) bond motifs is 4. The molecule has 5 nitrogen and oxygen atoms in total. The van der Waals surface area contributed by atoms with E-state index in [1.807, 2.05) is 12.1 Å². The molecule has 1 amide bonds. The summed E-state index contributed by atoms with van der Waals surface area (Å²) in [5.41, 5.74) is 10.2. The third kappa shape index (κ3) is 8.88. The summed E-state index contributed by atoms with van der Waals surface area (Å²) >= 11 is 0. The van der Waals surface area contributed by atoms with Crippen LogP contribution in [0, 0.1) is 17.5 Å². The highest BCUT2D eigenvalue weighted by atomic mass is 19.4. The molecule has 11 heteroatoms. The molecule has 55 heavy (non-hydrogen) atoms. The molecule has 5 aromatic carbocycles. The van der Waals surface area contributed by atoms with Gasteiger partial charge in [-0.3, -0.25) is 9.36 Å². The first-order valence-corrected chi connectivity index (χ1v) is 18.4. The van der Waals surface area contributed by atoms with Crippen molar-refractivity contribution >= 4 is 16.9 Å². The van der Waals surface area contributed by atoms with Crippen molar-refractivity contribution in [2.75, 3.05) is 6.61 Å². The van der Waals surface area contributed by atoms with E-state index in [2.05, 4.69) is 11.9 Å². The van der Waals surface area contributed by atoms with Crippen molar-refractivity contribution in [2.24, 2.45) is 5.73 Å². The van der Waals surface area contributed by atoms with E-state index in [0.29, 0.717) is 57.8 Å². The lowest BCUT2D eigenvalue weighted by molar-refractivity contribution is -0.145. The number of rotatable bonds is 13. The van der Waals surface area contributed by atoms with Gasteiger partial charge >= 0.3 is 6.18 Å². The molecule has 0 spiro atoms. The van der Waals surface area contributed by atoms with Gasteiger partial charge in [-0.25, -0.2) is 18.2 Å². The number of imidazole rings is 1. The van der Waals surface area contributed by atoms with Crippen molar-refractivity contribution in [1.82, 2.24) is 9.55 Å². The van der Waals surface area contributed by atoms with Crippen LogP contribution >= 0.6 is 0 Å². The van der Waals surface area contributed by atoms with Crippen LogP contribution in [0.2, 0.25) is 0 Å². The zero-order valence-corrected chi connectivity index (χ0v) is 30.4. The molecule has 1 aromatic heterocycles. The molecule has 286 valence electrons. The number of carbonyl (C=O) groups excluding carboxylic acids is 1. The van der Waals surface area contributed by atoms with Gasteiger partial charge in [-0.15, -0.1) is 0 Å². The fourth-order valence-corrected chi connectivity index (χ4v) is 6.97. The molecule has 0 saturated heterocycles. The third-order valence-corrected chi connectivity index (χ3v) is 9.69. The van der Waals surface area contributed by atoms with Gasteiger partial charge < -0.3 is 10.5 Å². The predicted molar refractivity (Wildman–Crippen MR) is 203 cm³/mol. The number of unbranched alkanes of at least 4 members (excludes halogenated alkanes) is 7. The predicted octanol–water partition coefficient (Wildman–Crippen LogP) is 12.0. The quantitative estimate of drug-likeness (QED) is 0.0723. The molecule has 0 bridgehead atoms. The van der Waals surface area contributed by atoms with E-state index in [4.69, 9.17) is 10.5 Å². The molecule has 0 saturated carbocycles. The van der Waals surface area contributed by atoms with Crippen LogP contribution < -0.4 is 10.5 Å². The highest BCUT2D eigenvalue weighted by Crippen LogP contribution is 2.40. The lowest BCUT2D eigenvalue weighted by atomic mass is 9.99. The summed E-state index contributed by atoms with van der Waals surface area (Å²) in [5, 5.41) is 0. The summed E-state index contributed by atoms with van der Waals surface area (Å²) in [5.74, 6) is -4.68. The maximum absolute atomic E-state index is 14.0. The summed E-state index contributed by atoms with van der Waals surface area (Å²) in [7, 11) is 0. The van der Waals surface area contributed by atoms with Gasteiger partial charge in [0.2, 0.25) is 11.7 Å². The van der Waals surface area contributed by atoms with Gasteiger partial charge in [-0.2, -0.15) is 13.2 Å². The number of aromatic nitrogens is 2. The number of alkyl halides is 3. The standard InChI is InChI=1S/C31H34F3N3O2.C13H7F3/c1-2-3-4-5-6-7-8-11-20-39-24-18-19-28-27(21-24)36-30(31(32,33)34)37(28)23-16-14-22(15-17-23)25-12-9-10-13-26(25)29(35)38;14-10-6-8-5-7-3-1-2-4-9(7)11(8)13(16)12(10)15/h9-10,12-19,21H,2-8,11,20H2,1H3,(H2,35,38);1-4,6H,5H2. The van der Waals surface area contributed by atoms with Crippen LogP contribution in [0.15, 0.2) is 97.1 Å². The lowest BCUT2D eigenvalue weighted by Gasteiger charge is -2.13. The summed E-state index contributed by atoms with van der Waals surface area (Å²) in [6.07, 6.45) is 5.23. The van der Waals surface area contributed by atoms with Crippen molar-refractivity contribution < 1.29 is 35.9 Å². The maximum Gasteiger partial charge on any atom is 0.450 e. The van der Waals surface area contributed by atoms with Crippen molar-refractivity contribution in [3.05, 3.63) is 137 Å². The number of primary amides is 1. The minimum atomic E-state index is -4.66. The molecule has 6 aromatic rings. The number of halogens is 6. The maximum atomic E-state index is 14.0. The first-order chi connectivity index (χ1) is 26.5. The summed E-state index contributed by atoms with van der Waals surface area (Å²) < 4.78 is 88.8. The zero-order valence-electron chi connectivity index (χ0n) is 30.4. The Morgan fingerprint density at radius 2 is 1.42 bits per heavy atom. The third-order valence-electron chi connectivity index (χ3n) is 9.69. The van der Waals surface area contributed by atoms with Gasteiger partial charge in [0.1, 0.15) is 5.75 Å². The molecular weight excluding hydrogens is 716 g/mol. The normalized spacial score (nSPS) is 11.9. The Bertz CT molecular complexity index is 2280. The van der Waals surface area contributed by atoms with E-state index in [9.17, 15) is 31.1 Å². The molecule has 2 N–H and O–H groups in total. The molecule has 0 radical (unpaired) electrons. The Balaban J connectivity index is 0.000000265. The Hall–Kier alpha value is -5.58. The van der Waals surface area contributed by atoms with Crippen LogP contribution in [0.5, 0.6) is 5.75 Å². The monoisotopic (exact) mass is 757 g/mol. The van der Waals surface area contributed by atoms with Crippen LogP contribution in [0.3, 0.4) is 0 Å². The van der Waals surface area contributed by atoms with E-state index < -0.39 is 35.4 Å². The number of nitrogens with two attached hydrogens (primary N) is 1. The smallest absolute Gasteiger partial charge is 0.450 e. The summed E-state index contributed by atoms with van der Waals surface area (Å²) in [6.45, 7) is 2.72.